The number of rotatable bonds is 8. The maximum atomic E-state index is 13.3. The average Bonchev–Trinajstić information content (AvgIpc) is 2.33. The van der Waals surface area contributed by atoms with Crippen LogP contribution >= 0.6 is 11.8 Å². The number of benzene rings is 1. The fourth-order valence-corrected chi connectivity index (χ4v) is 2.07. The summed E-state index contributed by atoms with van der Waals surface area (Å²) in [4.78, 5) is 0. The highest BCUT2D eigenvalue weighted by atomic mass is 32.2. The van der Waals surface area contributed by atoms with Crippen LogP contribution in [-0.2, 0) is 6.54 Å². The molecule has 0 amide bonds. The van der Waals surface area contributed by atoms with E-state index in [2.05, 4.69) is 11.6 Å². The molecule has 96 valence electrons. The third-order valence-electron chi connectivity index (χ3n) is 2.55. The summed E-state index contributed by atoms with van der Waals surface area (Å²) in [5.74, 6) is -0.315. The first-order valence-electron chi connectivity index (χ1n) is 5.88. The fourth-order valence-electron chi connectivity index (χ4n) is 1.58. The number of nitrogens with one attached hydrogen (secondary N) is 1. The highest BCUT2D eigenvalue weighted by Gasteiger charge is 2.06. The van der Waals surface area contributed by atoms with Crippen molar-refractivity contribution in [3.8, 4) is 0 Å². The lowest BCUT2D eigenvalue weighted by atomic mass is 10.2. The molecule has 0 saturated carbocycles. The van der Waals surface area contributed by atoms with Crippen LogP contribution in [-0.4, -0.2) is 18.6 Å². The largest absolute Gasteiger partial charge is 0.313 e. The Bertz CT molecular complexity index is 331. The SMILES string of the molecule is CSCCCCCNCc1cccc(F)c1F. The molecule has 0 atom stereocenters. The molecule has 0 fully saturated rings. The third kappa shape index (κ3) is 5.50. The minimum absolute atomic E-state index is 0.395. The fraction of sp³-hybridized carbons (Fsp3) is 0.538. The Morgan fingerprint density at radius 3 is 2.76 bits per heavy atom. The van der Waals surface area contributed by atoms with Gasteiger partial charge in [-0.15, -0.1) is 0 Å². The summed E-state index contributed by atoms with van der Waals surface area (Å²) in [6, 6.07) is 4.29. The van der Waals surface area contributed by atoms with Gasteiger partial charge in [0.05, 0.1) is 0 Å². The summed E-state index contributed by atoms with van der Waals surface area (Å²) in [5.41, 5.74) is 0.397. The van der Waals surface area contributed by atoms with E-state index in [0.717, 1.165) is 19.0 Å². The van der Waals surface area contributed by atoms with Crippen LogP contribution in [0.3, 0.4) is 0 Å². The molecular weight excluding hydrogens is 240 g/mol. The predicted octanol–water partition coefficient (Wildman–Crippen LogP) is 3.59. The molecule has 1 N–H and O–H groups in total. The Kier molecular flexibility index (Phi) is 7.21. The van der Waals surface area contributed by atoms with Crippen LogP contribution in [0.25, 0.3) is 0 Å². The molecule has 0 heterocycles. The topological polar surface area (TPSA) is 12.0 Å². The molecule has 0 aromatic heterocycles. The molecule has 1 nitrogen and oxygen atoms in total. The van der Waals surface area contributed by atoms with Gasteiger partial charge < -0.3 is 5.32 Å². The summed E-state index contributed by atoms with van der Waals surface area (Å²) >= 11 is 1.85. The molecule has 0 bridgehead atoms. The first kappa shape index (κ1) is 14.5. The molecule has 0 spiro atoms. The second-order valence-corrected chi connectivity index (χ2v) is 4.93. The number of hydrogen-bond donors (Lipinski definition) is 1. The van der Waals surface area contributed by atoms with E-state index in [-0.39, 0.29) is 0 Å². The van der Waals surface area contributed by atoms with E-state index in [4.69, 9.17) is 0 Å². The first-order valence-corrected chi connectivity index (χ1v) is 7.27. The molecule has 4 heteroatoms. The van der Waals surface area contributed by atoms with Crippen LogP contribution in [0.5, 0.6) is 0 Å². The molecule has 0 aliphatic carbocycles. The minimum atomic E-state index is -0.774. The van der Waals surface area contributed by atoms with E-state index < -0.39 is 11.6 Å². The molecule has 0 saturated heterocycles. The standard InChI is InChI=1S/C13H19F2NS/c1-17-9-4-2-3-8-16-10-11-6-5-7-12(14)13(11)15/h5-7,16H,2-4,8-10H2,1H3. The molecule has 0 aliphatic rings. The van der Waals surface area contributed by atoms with Gasteiger partial charge in [-0.3, -0.25) is 0 Å². The second kappa shape index (κ2) is 8.48. The van der Waals surface area contributed by atoms with Gasteiger partial charge in [0, 0.05) is 12.1 Å². The van der Waals surface area contributed by atoms with Gasteiger partial charge in [-0.2, -0.15) is 11.8 Å². The maximum absolute atomic E-state index is 13.3. The van der Waals surface area contributed by atoms with Crippen LogP contribution in [0.2, 0.25) is 0 Å². The van der Waals surface area contributed by atoms with Crippen LogP contribution in [0.1, 0.15) is 24.8 Å². The number of thioether (sulfide) groups is 1. The van der Waals surface area contributed by atoms with Crippen molar-refractivity contribution in [1.82, 2.24) is 5.32 Å². The van der Waals surface area contributed by atoms with Gasteiger partial charge in [0.1, 0.15) is 0 Å². The van der Waals surface area contributed by atoms with Gasteiger partial charge in [0.15, 0.2) is 11.6 Å². The van der Waals surface area contributed by atoms with Gasteiger partial charge in [-0.1, -0.05) is 18.6 Å². The summed E-state index contributed by atoms with van der Waals surface area (Å²) < 4.78 is 26.1. The second-order valence-electron chi connectivity index (χ2n) is 3.94. The van der Waals surface area contributed by atoms with Gasteiger partial charge in [0.2, 0.25) is 0 Å². The van der Waals surface area contributed by atoms with Gasteiger partial charge in [-0.05, 0) is 37.5 Å². The van der Waals surface area contributed by atoms with Crippen molar-refractivity contribution in [2.24, 2.45) is 0 Å². The monoisotopic (exact) mass is 259 g/mol. The minimum Gasteiger partial charge on any atom is -0.313 e. The smallest absolute Gasteiger partial charge is 0.163 e. The zero-order valence-electron chi connectivity index (χ0n) is 10.1. The first-order chi connectivity index (χ1) is 8.25. The molecule has 0 unspecified atom stereocenters. The molecule has 17 heavy (non-hydrogen) atoms. The van der Waals surface area contributed by atoms with E-state index >= 15 is 0 Å². The van der Waals surface area contributed by atoms with Crippen LogP contribution in [0, 0.1) is 11.6 Å². The lowest BCUT2D eigenvalue weighted by Gasteiger charge is -2.06. The van der Waals surface area contributed by atoms with Crippen LogP contribution in [0.15, 0.2) is 18.2 Å². The predicted molar refractivity (Wildman–Crippen MR) is 70.3 cm³/mol. The highest BCUT2D eigenvalue weighted by molar-refractivity contribution is 7.98. The Hall–Kier alpha value is -0.610. The molecule has 0 radical (unpaired) electrons. The van der Waals surface area contributed by atoms with E-state index in [0.29, 0.717) is 12.1 Å². The quantitative estimate of drug-likeness (QED) is 0.716. The third-order valence-corrected chi connectivity index (χ3v) is 3.25. The normalized spacial score (nSPS) is 10.8. The Morgan fingerprint density at radius 1 is 1.18 bits per heavy atom. The van der Waals surface area contributed by atoms with Crippen molar-refractivity contribution in [3.63, 3.8) is 0 Å². The molecular formula is C13H19F2NS. The van der Waals surface area contributed by atoms with E-state index in [9.17, 15) is 8.78 Å². The van der Waals surface area contributed by atoms with E-state index in [1.54, 1.807) is 6.07 Å². The lowest BCUT2D eigenvalue weighted by molar-refractivity contribution is 0.491. The van der Waals surface area contributed by atoms with Gasteiger partial charge >= 0.3 is 0 Å². The van der Waals surface area contributed by atoms with Gasteiger partial charge in [-0.25, -0.2) is 8.78 Å². The zero-order valence-corrected chi connectivity index (χ0v) is 11.0. The number of halogens is 2. The summed E-state index contributed by atoms with van der Waals surface area (Å²) in [5, 5.41) is 3.13. The Labute approximate surface area is 106 Å². The van der Waals surface area contributed by atoms with Crippen LogP contribution < -0.4 is 5.32 Å². The molecule has 0 aliphatic heterocycles. The summed E-state index contributed by atoms with van der Waals surface area (Å²) in [6.45, 7) is 1.25. The molecule has 1 aromatic carbocycles. The van der Waals surface area contributed by atoms with Crippen molar-refractivity contribution in [2.45, 2.75) is 25.8 Å². The van der Waals surface area contributed by atoms with Crippen molar-refractivity contribution in [3.05, 3.63) is 35.4 Å². The number of unbranched alkanes of at least 4 members (excludes halogenated alkanes) is 2. The van der Waals surface area contributed by atoms with Gasteiger partial charge in [0.25, 0.3) is 0 Å². The van der Waals surface area contributed by atoms with Crippen molar-refractivity contribution >= 4 is 11.8 Å². The van der Waals surface area contributed by atoms with Crippen LogP contribution in [0.4, 0.5) is 8.78 Å². The Balaban J connectivity index is 2.16. The lowest BCUT2D eigenvalue weighted by Crippen LogP contribution is -2.16. The summed E-state index contributed by atoms with van der Waals surface area (Å²) in [7, 11) is 0. The summed E-state index contributed by atoms with van der Waals surface area (Å²) in [6.07, 6.45) is 5.58. The van der Waals surface area contributed by atoms with E-state index in [1.807, 2.05) is 11.8 Å². The number of hydrogen-bond acceptors (Lipinski definition) is 2. The highest BCUT2D eigenvalue weighted by Crippen LogP contribution is 2.10. The van der Waals surface area contributed by atoms with Crippen molar-refractivity contribution in [2.75, 3.05) is 18.6 Å². The average molecular weight is 259 g/mol. The Morgan fingerprint density at radius 2 is 2.00 bits per heavy atom. The van der Waals surface area contributed by atoms with E-state index in [1.165, 1.54) is 24.7 Å². The van der Waals surface area contributed by atoms with Crippen molar-refractivity contribution < 1.29 is 8.78 Å². The van der Waals surface area contributed by atoms with Crippen molar-refractivity contribution in [1.29, 1.82) is 0 Å². The zero-order chi connectivity index (χ0) is 12.5. The molecule has 1 aromatic rings. The molecule has 1 rings (SSSR count). The maximum Gasteiger partial charge on any atom is 0.163 e.